The molecule has 0 radical (unpaired) electrons. The number of anilines is 3. The number of aromatic carboxylic acids is 1. The first kappa shape index (κ1) is 67.9. The van der Waals surface area contributed by atoms with Crippen LogP contribution in [0.25, 0.3) is 55.6 Å². The van der Waals surface area contributed by atoms with Crippen molar-refractivity contribution < 1.29 is 43.3 Å². The van der Waals surface area contributed by atoms with Crippen LogP contribution in [-0.4, -0.2) is 66.9 Å². The number of nitrogens with one attached hydrogen (secondary N) is 3. The standard InChI is InChI=1S/C30H28N2O3.C26H20N2O3.C23H21BrN2O3/c1-20-10-12-22(13-11-20)23-14-15-26(29(34)35-30(2,3)4)27(17-23)32-28(33)25-16-24(18-31-19-25)21-8-6-5-7-9-21;1-17-7-9-19(10-8-17)20-11-12-23(26(30)31)24(14-20)28-25(29)22-13-21(15-27-16-22)18-5-3-2-4-6-18;1-23(2,3)29-22(28)19-10-9-18(24)12-20(19)26-21(27)17-11-16(13-25-14-17)15-7-5-4-6-8-15/h5-19H,1-4H3,(H,32,33);2-16H,1H3,(H,28,29)(H,30,31);4-14H,1-3H3,(H,26,27). The number of carboxylic acids is 1. The molecule has 4 N–H and O–H groups in total. The van der Waals surface area contributed by atoms with Gasteiger partial charge < -0.3 is 30.5 Å². The maximum atomic E-state index is 13.2. The third-order valence-corrected chi connectivity index (χ3v) is 14.8. The fourth-order valence-electron chi connectivity index (χ4n) is 9.62. The smallest absolute Gasteiger partial charge is 0.340 e. The zero-order valence-corrected chi connectivity index (χ0v) is 55.2. The topological polar surface area (TPSA) is 216 Å². The van der Waals surface area contributed by atoms with E-state index >= 15 is 0 Å². The number of hydrogen-bond donors (Lipinski definition) is 4. The average molecular weight is 1330 g/mol. The lowest BCUT2D eigenvalue weighted by Crippen LogP contribution is -2.25. The van der Waals surface area contributed by atoms with E-state index in [1.54, 1.807) is 100 Å². The van der Waals surface area contributed by atoms with E-state index in [2.05, 4.69) is 46.8 Å². The predicted molar refractivity (Wildman–Crippen MR) is 378 cm³/mol. The van der Waals surface area contributed by atoms with Crippen LogP contribution in [0.5, 0.6) is 0 Å². The van der Waals surface area contributed by atoms with Gasteiger partial charge in [0.25, 0.3) is 17.7 Å². The summed E-state index contributed by atoms with van der Waals surface area (Å²) in [5.41, 5.74) is 12.6. The van der Waals surface area contributed by atoms with Crippen LogP contribution in [0.2, 0.25) is 0 Å². The molecule has 16 heteroatoms. The summed E-state index contributed by atoms with van der Waals surface area (Å²) in [6, 6.07) is 65.6. The molecule has 3 heterocycles. The first-order valence-electron chi connectivity index (χ1n) is 30.3. The highest BCUT2D eigenvalue weighted by molar-refractivity contribution is 9.10. The van der Waals surface area contributed by atoms with Crippen LogP contribution in [0.3, 0.4) is 0 Å². The van der Waals surface area contributed by atoms with Crippen LogP contribution in [0.15, 0.2) is 254 Å². The Morgan fingerprint density at radius 1 is 0.347 bits per heavy atom. The zero-order valence-electron chi connectivity index (χ0n) is 53.6. The van der Waals surface area contributed by atoms with E-state index in [4.69, 9.17) is 9.47 Å². The van der Waals surface area contributed by atoms with Crippen molar-refractivity contribution in [2.45, 2.75) is 66.6 Å². The average Bonchev–Trinajstić information content (AvgIpc) is 0.859. The van der Waals surface area contributed by atoms with Gasteiger partial charge in [0.05, 0.1) is 50.4 Å². The minimum Gasteiger partial charge on any atom is -0.478 e. The lowest BCUT2D eigenvalue weighted by Gasteiger charge is -2.21. The second-order valence-corrected chi connectivity index (χ2v) is 25.0. The molecular formula is C79H69BrN6O9. The van der Waals surface area contributed by atoms with Crippen LogP contribution < -0.4 is 16.0 Å². The lowest BCUT2D eigenvalue weighted by molar-refractivity contribution is 0.00580. The summed E-state index contributed by atoms with van der Waals surface area (Å²) < 4.78 is 11.8. The SMILES string of the molecule is CC(C)(C)OC(=O)c1ccc(Br)cc1NC(=O)c1cncc(-c2ccccc2)c1.Cc1ccc(-c2ccc(C(=O)O)c(NC(=O)c3cncc(-c4ccccc4)c3)c2)cc1.Cc1ccc(-c2ccc(C(=O)OC(C)(C)C)c(NC(=O)c3cncc(-c4ccccc4)c3)c2)cc1. The monoisotopic (exact) mass is 1320 g/mol. The number of pyridine rings is 3. The van der Waals surface area contributed by atoms with Gasteiger partial charge in [-0.25, -0.2) is 14.4 Å². The number of carbonyl (C=O) groups is 6. The van der Waals surface area contributed by atoms with Gasteiger partial charge in [0.2, 0.25) is 0 Å². The molecule has 11 aromatic rings. The molecule has 8 aromatic carbocycles. The number of rotatable bonds is 14. The summed E-state index contributed by atoms with van der Waals surface area (Å²) in [6.45, 7) is 14.8. The van der Waals surface area contributed by atoms with E-state index in [1.807, 2.05) is 180 Å². The molecule has 0 bridgehead atoms. The molecular weight excluding hydrogens is 1260 g/mol. The van der Waals surface area contributed by atoms with Gasteiger partial charge in [-0.05, 0) is 155 Å². The molecule has 0 aliphatic rings. The maximum absolute atomic E-state index is 13.2. The molecule has 0 unspecified atom stereocenters. The van der Waals surface area contributed by atoms with Crippen LogP contribution in [-0.2, 0) is 9.47 Å². The molecule has 11 rings (SSSR count). The molecule has 0 aliphatic heterocycles. The first-order valence-corrected chi connectivity index (χ1v) is 31.1. The highest BCUT2D eigenvalue weighted by Gasteiger charge is 2.25. The van der Waals surface area contributed by atoms with Gasteiger partial charge in [0.15, 0.2) is 0 Å². The molecule has 0 fully saturated rings. The fraction of sp³-hybridized carbons (Fsp3) is 0.127. The molecule has 0 saturated carbocycles. The minimum absolute atomic E-state index is 0.0244. The summed E-state index contributed by atoms with van der Waals surface area (Å²) in [5.74, 6) is -3.26. The van der Waals surface area contributed by atoms with Crippen LogP contribution >= 0.6 is 15.9 Å². The number of carboxylic acid groups (broad SMARTS) is 1. The maximum Gasteiger partial charge on any atom is 0.340 e. The van der Waals surface area contributed by atoms with Crippen molar-refractivity contribution in [3.05, 3.63) is 298 Å². The lowest BCUT2D eigenvalue weighted by atomic mass is 10.0. The Morgan fingerprint density at radius 3 is 0.979 bits per heavy atom. The van der Waals surface area contributed by atoms with E-state index in [1.165, 1.54) is 24.7 Å². The van der Waals surface area contributed by atoms with E-state index in [9.17, 15) is 33.9 Å². The molecule has 3 amide bonds. The molecule has 0 saturated heterocycles. The number of aromatic nitrogens is 3. The Bertz CT molecular complexity index is 4570. The van der Waals surface area contributed by atoms with Crippen molar-refractivity contribution >= 4 is 68.6 Å². The predicted octanol–water partition coefficient (Wildman–Crippen LogP) is 18.3. The summed E-state index contributed by atoms with van der Waals surface area (Å²) in [7, 11) is 0. The number of halogens is 1. The van der Waals surface area contributed by atoms with E-state index in [-0.39, 0.29) is 34.2 Å². The number of amides is 3. The fourth-order valence-corrected chi connectivity index (χ4v) is 9.98. The van der Waals surface area contributed by atoms with Crippen molar-refractivity contribution in [2.24, 2.45) is 0 Å². The molecule has 0 atom stereocenters. The number of esters is 2. The van der Waals surface area contributed by atoms with Gasteiger partial charge in [-0.2, -0.15) is 0 Å². The van der Waals surface area contributed by atoms with Crippen molar-refractivity contribution in [1.82, 2.24) is 15.0 Å². The van der Waals surface area contributed by atoms with Crippen molar-refractivity contribution in [3.8, 4) is 55.6 Å². The minimum atomic E-state index is -1.11. The molecule has 15 nitrogen and oxygen atoms in total. The number of aryl methyl sites for hydroxylation is 2. The Hall–Kier alpha value is -11.5. The Morgan fingerprint density at radius 2 is 0.642 bits per heavy atom. The quantitative estimate of drug-likeness (QED) is 0.0748. The normalized spacial score (nSPS) is 10.9. The van der Waals surface area contributed by atoms with E-state index in [0.717, 1.165) is 71.2 Å². The van der Waals surface area contributed by atoms with Crippen LogP contribution in [0.1, 0.15) is 115 Å². The summed E-state index contributed by atoms with van der Waals surface area (Å²) >= 11 is 3.38. The number of nitrogens with zero attached hydrogens (tertiary/aromatic N) is 3. The Labute approximate surface area is 560 Å². The summed E-state index contributed by atoms with van der Waals surface area (Å²) in [6.07, 6.45) is 9.58. The first-order chi connectivity index (χ1) is 45.4. The largest absolute Gasteiger partial charge is 0.478 e. The van der Waals surface area contributed by atoms with Crippen LogP contribution in [0.4, 0.5) is 17.1 Å². The molecule has 0 aliphatic carbocycles. The zero-order chi connectivity index (χ0) is 67.8. The number of benzene rings is 8. The Kier molecular flexibility index (Phi) is 22.0. The van der Waals surface area contributed by atoms with Gasteiger partial charge in [-0.15, -0.1) is 0 Å². The number of ether oxygens (including phenoxy) is 2. The third kappa shape index (κ3) is 19.1. The van der Waals surface area contributed by atoms with Crippen molar-refractivity contribution in [3.63, 3.8) is 0 Å². The molecule has 3 aromatic heterocycles. The van der Waals surface area contributed by atoms with Gasteiger partial charge in [-0.1, -0.05) is 179 Å². The number of carbonyl (C=O) groups excluding carboxylic acids is 5. The Balaban J connectivity index is 0.000000168. The molecule has 0 spiro atoms. The van der Waals surface area contributed by atoms with Crippen molar-refractivity contribution in [1.29, 1.82) is 0 Å². The van der Waals surface area contributed by atoms with Gasteiger partial charge in [-0.3, -0.25) is 29.3 Å². The summed E-state index contributed by atoms with van der Waals surface area (Å²) in [5, 5.41) is 18.0. The van der Waals surface area contributed by atoms with Crippen LogP contribution in [0, 0.1) is 13.8 Å². The van der Waals surface area contributed by atoms with Gasteiger partial charge in [0.1, 0.15) is 11.2 Å². The van der Waals surface area contributed by atoms with Gasteiger partial charge >= 0.3 is 17.9 Å². The van der Waals surface area contributed by atoms with Gasteiger partial charge in [0, 0.05) is 58.3 Å². The summed E-state index contributed by atoms with van der Waals surface area (Å²) in [4.78, 5) is 88.8. The van der Waals surface area contributed by atoms with E-state index in [0.29, 0.717) is 28.1 Å². The second kappa shape index (κ2) is 30.8. The highest BCUT2D eigenvalue weighted by Crippen LogP contribution is 2.32. The molecule has 95 heavy (non-hydrogen) atoms. The van der Waals surface area contributed by atoms with Crippen molar-refractivity contribution in [2.75, 3.05) is 16.0 Å². The second-order valence-electron chi connectivity index (χ2n) is 24.1. The van der Waals surface area contributed by atoms with E-state index < -0.39 is 35.0 Å². The number of hydrogen-bond acceptors (Lipinski definition) is 11. The highest BCUT2D eigenvalue weighted by atomic mass is 79.9. The molecule has 476 valence electrons. The third-order valence-electron chi connectivity index (χ3n) is 14.3.